The molecule has 0 unspecified atom stereocenters. The number of carbonyl (C=O) groups excluding carboxylic acids is 2. The molecule has 9 rings (SSSR count). The van der Waals surface area contributed by atoms with Gasteiger partial charge in [-0.2, -0.15) is 0 Å². The fraction of sp³-hybridized carbons (Fsp3) is 0.289. The van der Waals surface area contributed by atoms with Crippen LogP contribution in [0.15, 0.2) is 115 Å². The van der Waals surface area contributed by atoms with Crippen LogP contribution in [0.5, 0.6) is 5.75 Å². The van der Waals surface area contributed by atoms with Gasteiger partial charge >= 0.3 is 0 Å². The third-order valence-electron chi connectivity index (χ3n) is 12.4. The molecule has 0 bridgehead atoms. The zero-order valence-corrected chi connectivity index (χ0v) is 33.1. The number of para-hydroxylation sites is 1. The van der Waals surface area contributed by atoms with E-state index in [1.165, 1.54) is 5.19 Å². The van der Waals surface area contributed by atoms with Crippen molar-refractivity contribution in [2.24, 2.45) is 5.92 Å². The molecular weight excluding hydrogens is 719 g/mol. The second-order valence-electron chi connectivity index (χ2n) is 15.8. The van der Waals surface area contributed by atoms with Crippen LogP contribution in [0.2, 0.25) is 18.6 Å². The topological polar surface area (TPSA) is 110 Å². The van der Waals surface area contributed by atoms with E-state index >= 15 is 4.79 Å². The van der Waals surface area contributed by atoms with E-state index in [9.17, 15) is 9.90 Å². The highest BCUT2D eigenvalue weighted by atomic mass is 28.3. The number of aliphatic hydroxyl groups is 1. The maximum atomic E-state index is 15.3. The predicted octanol–water partition coefficient (Wildman–Crippen LogP) is 7.12. The Kier molecular flexibility index (Phi) is 8.91. The van der Waals surface area contributed by atoms with Gasteiger partial charge in [0.05, 0.1) is 50.5 Å². The third-order valence-corrected chi connectivity index (χ3v) is 16.8. The standard InChI is InChI=1S/C45H45N5O5Si/c1-29-42(56(3,4)35-20-18-34(54-2)19-21-35)40(22-24-48-28-32(23-25-51)46-47-48)55-45(29)37-15-5-6-16-38(37)49(44(45)53)27-30-10-7-13-33(26-30)50-39-17-9-12-31-11-8-14-36(41(31)39)43(50)52/h5-21,26,28-29,40,42,51H,22-25,27H2,1-4H3/t29-,40+,42-,45+/m1/s1. The first-order valence-corrected chi connectivity index (χ1v) is 22.4. The van der Waals surface area contributed by atoms with Crippen molar-refractivity contribution < 1.29 is 24.2 Å². The van der Waals surface area contributed by atoms with Gasteiger partial charge in [-0.3, -0.25) is 19.2 Å². The first-order valence-electron chi connectivity index (χ1n) is 19.3. The van der Waals surface area contributed by atoms with Crippen LogP contribution < -0.4 is 19.7 Å². The second kappa shape index (κ2) is 13.8. The van der Waals surface area contributed by atoms with Crippen molar-refractivity contribution in [2.75, 3.05) is 23.5 Å². The minimum atomic E-state index is -2.34. The van der Waals surface area contributed by atoms with Crippen molar-refractivity contribution in [2.45, 2.75) is 63.2 Å². The highest BCUT2D eigenvalue weighted by molar-refractivity contribution is 6.91. The molecule has 6 aromatic rings. The van der Waals surface area contributed by atoms with Gasteiger partial charge in [0, 0.05) is 48.3 Å². The van der Waals surface area contributed by atoms with Crippen LogP contribution in [0.4, 0.5) is 17.1 Å². The molecule has 4 heterocycles. The largest absolute Gasteiger partial charge is 0.497 e. The summed E-state index contributed by atoms with van der Waals surface area (Å²) in [4.78, 5) is 32.8. The van der Waals surface area contributed by atoms with Crippen molar-refractivity contribution in [1.29, 1.82) is 0 Å². The number of benzene rings is 5. The van der Waals surface area contributed by atoms with E-state index in [2.05, 4.69) is 48.5 Å². The first kappa shape index (κ1) is 36.0. The molecule has 3 aliphatic rings. The normalized spacial score (nSPS) is 21.5. The smallest absolute Gasteiger partial charge is 0.264 e. The molecule has 10 nitrogen and oxygen atoms in total. The molecule has 1 fully saturated rings. The fourth-order valence-corrected chi connectivity index (χ4v) is 13.8. The van der Waals surface area contributed by atoms with E-state index in [1.54, 1.807) is 12.0 Å². The molecule has 11 heteroatoms. The molecule has 1 spiro atoms. The number of aromatic nitrogens is 3. The van der Waals surface area contributed by atoms with Gasteiger partial charge in [-0.15, -0.1) is 5.10 Å². The third kappa shape index (κ3) is 5.59. The fourth-order valence-electron chi connectivity index (χ4n) is 9.78. The van der Waals surface area contributed by atoms with E-state index in [1.807, 2.05) is 107 Å². The number of anilines is 3. The van der Waals surface area contributed by atoms with Crippen molar-refractivity contribution in [3.05, 3.63) is 138 Å². The second-order valence-corrected chi connectivity index (χ2v) is 20.5. The van der Waals surface area contributed by atoms with Crippen LogP contribution in [0.3, 0.4) is 0 Å². The quantitative estimate of drug-likeness (QED) is 0.140. The number of ether oxygens (including phenoxy) is 2. The van der Waals surface area contributed by atoms with Gasteiger partial charge < -0.3 is 19.5 Å². The molecule has 1 aromatic heterocycles. The van der Waals surface area contributed by atoms with E-state index in [4.69, 9.17) is 9.47 Å². The number of carbonyl (C=O) groups is 2. The Morgan fingerprint density at radius 3 is 2.45 bits per heavy atom. The minimum absolute atomic E-state index is 0.0116. The Bertz CT molecular complexity index is 2480. The summed E-state index contributed by atoms with van der Waals surface area (Å²) < 4.78 is 14.6. The summed E-state index contributed by atoms with van der Waals surface area (Å²) in [7, 11) is -0.660. The Labute approximate surface area is 327 Å². The molecule has 1 saturated heterocycles. The number of nitrogens with zero attached hydrogens (tertiary/aromatic N) is 5. The Balaban J connectivity index is 1.07. The van der Waals surface area contributed by atoms with Crippen LogP contribution in [0.1, 0.15) is 40.5 Å². The van der Waals surface area contributed by atoms with Gasteiger partial charge in [0.2, 0.25) is 0 Å². The highest BCUT2D eigenvalue weighted by Crippen LogP contribution is 2.60. The van der Waals surface area contributed by atoms with Gasteiger partial charge in [-0.05, 0) is 65.4 Å². The molecule has 5 aromatic carbocycles. The lowest BCUT2D eigenvalue weighted by molar-refractivity contribution is -0.146. The summed E-state index contributed by atoms with van der Waals surface area (Å²) in [5.41, 5.74) is 4.60. The summed E-state index contributed by atoms with van der Waals surface area (Å²) in [5.74, 6) is 0.537. The molecule has 0 radical (unpaired) electrons. The monoisotopic (exact) mass is 763 g/mol. The zero-order chi connectivity index (χ0) is 38.8. The molecular formula is C45H45N5O5Si. The Morgan fingerprint density at radius 2 is 1.66 bits per heavy atom. The number of fused-ring (bicyclic) bond motifs is 2. The highest BCUT2D eigenvalue weighted by Gasteiger charge is 2.66. The van der Waals surface area contributed by atoms with Crippen molar-refractivity contribution in [3.63, 3.8) is 0 Å². The van der Waals surface area contributed by atoms with Gasteiger partial charge in [0.15, 0.2) is 5.60 Å². The number of hydrogen-bond acceptors (Lipinski definition) is 7. The summed E-state index contributed by atoms with van der Waals surface area (Å²) >= 11 is 0. The number of rotatable bonds is 11. The summed E-state index contributed by atoms with van der Waals surface area (Å²) in [6.07, 6.45) is 2.72. The summed E-state index contributed by atoms with van der Waals surface area (Å²) in [6.45, 7) is 7.86. The average molecular weight is 764 g/mol. The van der Waals surface area contributed by atoms with Crippen molar-refractivity contribution in [1.82, 2.24) is 15.0 Å². The lowest BCUT2D eigenvalue weighted by atomic mass is 9.82. The predicted molar refractivity (Wildman–Crippen MR) is 219 cm³/mol. The Morgan fingerprint density at radius 1 is 0.911 bits per heavy atom. The van der Waals surface area contributed by atoms with Crippen molar-refractivity contribution in [3.8, 4) is 5.75 Å². The van der Waals surface area contributed by atoms with Crippen LogP contribution >= 0.6 is 0 Å². The Hall–Kier alpha value is -5.62. The molecule has 0 aliphatic carbocycles. The lowest BCUT2D eigenvalue weighted by Crippen LogP contribution is -2.51. The zero-order valence-electron chi connectivity index (χ0n) is 32.1. The van der Waals surface area contributed by atoms with Gasteiger partial charge in [-0.1, -0.05) is 97.1 Å². The van der Waals surface area contributed by atoms with E-state index in [-0.39, 0.29) is 36.0 Å². The van der Waals surface area contributed by atoms with Crippen LogP contribution in [0.25, 0.3) is 10.8 Å². The molecule has 1 N–H and O–H groups in total. The molecule has 0 saturated carbocycles. The van der Waals surface area contributed by atoms with Gasteiger partial charge in [0.25, 0.3) is 11.8 Å². The van der Waals surface area contributed by atoms with Crippen LogP contribution in [-0.4, -0.2) is 59.8 Å². The van der Waals surface area contributed by atoms with E-state index < -0.39 is 13.7 Å². The number of methoxy groups -OCH3 is 1. The maximum absolute atomic E-state index is 15.3. The number of hydrogen-bond donors (Lipinski definition) is 1. The SMILES string of the molecule is COc1ccc([Si](C)(C)[C@H]2[C@H](CCn3cc(CCO)nn3)O[C@@]3(C(=O)N(Cc4cccc(N5C(=O)c6cccc7cccc5c67)c4)c4ccccc43)[C@@H]2C)cc1. The summed E-state index contributed by atoms with van der Waals surface area (Å²) in [6, 6.07) is 36.3. The molecule has 3 aliphatic heterocycles. The molecule has 4 atom stereocenters. The first-order chi connectivity index (χ1) is 27.1. The molecule has 56 heavy (non-hydrogen) atoms. The van der Waals surface area contributed by atoms with Crippen LogP contribution in [0, 0.1) is 5.92 Å². The van der Waals surface area contributed by atoms with Crippen LogP contribution in [-0.2, 0) is 34.6 Å². The minimum Gasteiger partial charge on any atom is -0.497 e. The molecule has 2 amide bonds. The lowest BCUT2D eigenvalue weighted by Gasteiger charge is -2.37. The van der Waals surface area contributed by atoms with Crippen molar-refractivity contribution >= 4 is 52.9 Å². The van der Waals surface area contributed by atoms with Gasteiger partial charge in [-0.25, -0.2) is 0 Å². The van der Waals surface area contributed by atoms with E-state index in [0.29, 0.717) is 31.5 Å². The average Bonchev–Trinajstić information content (AvgIpc) is 3.94. The maximum Gasteiger partial charge on any atom is 0.264 e. The number of amides is 2. The van der Waals surface area contributed by atoms with E-state index in [0.717, 1.165) is 50.4 Å². The summed E-state index contributed by atoms with van der Waals surface area (Å²) in [5, 5.41) is 21.3. The number of aryl methyl sites for hydroxylation is 1. The van der Waals surface area contributed by atoms with Gasteiger partial charge in [0.1, 0.15) is 5.75 Å². The molecule has 284 valence electrons. The number of aliphatic hydroxyl groups excluding tert-OH is 1.